The highest BCUT2D eigenvalue weighted by Gasteiger charge is 2.23. The van der Waals surface area contributed by atoms with E-state index in [9.17, 15) is 0 Å². The van der Waals surface area contributed by atoms with E-state index in [1.165, 1.54) is 75.4 Å². The van der Waals surface area contributed by atoms with Crippen molar-refractivity contribution >= 4 is 58.9 Å². The van der Waals surface area contributed by atoms with Gasteiger partial charge >= 0.3 is 0 Å². The predicted molar refractivity (Wildman–Crippen MR) is 236 cm³/mol. The lowest BCUT2D eigenvalue weighted by Gasteiger charge is -2.22. The molecule has 0 saturated heterocycles. The summed E-state index contributed by atoms with van der Waals surface area (Å²) in [5.74, 6) is 0.207. The maximum Gasteiger partial charge on any atom is 0.0708 e. The summed E-state index contributed by atoms with van der Waals surface area (Å²) in [5, 5.41) is 5.05. The molecule has 0 spiro atoms. The maximum absolute atomic E-state index is 4.77. The maximum atomic E-state index is 4.77. The highest BCUT2D eigenvalue weighted by Crippen LogP contribution is 2.43. The molecule has 4 heteroatoms. The lowest BCUT2D eigenvalue weighted by atomic mass is 9.83. The first-order valence-electron chi connectivity index (χ1n) is 19.2. The molecule has 0 bridgehead atoms. The van der Waals surface area contributed by atoms with Gasteiger partial charge < -0.3 is 4.57 Å². The van der Waals surface area contributed by atoms with Gasteiger partial charge in [0, 0.05) is 60.5 Å². The SMILES string of the molecule is C1=CCC(c2ccc3c(c2)c2cc(-c4ccccc4-c4ccccn4)ccc2n3-c2ccc3sc4ccc(-c5ccccc5)cc4c3c2)C(c2ccccn2)=C1. The number of hydrogen-bond acceptors (Lipinski definition) is 3. The summed E-state index contributed by atoms with van der Waals surface area (Å²) in [6, 6.07) is 59.6. The summed E-state index contributed by atoms with van der Waals surface area (Å²) in [4.78, 5) is 9.50. The van der Waals surface area contributed by atoms with Crippen LogP contribution < -0.4 is 0 Å². The van der Waals surface area contributed by atoms with Crippen molar-refractivity contribution in [3.8, 4) is 39.2 Å². The van der Waals surface area contributed by atoms with E-state index in [0.29, 0.717) is 0 Å². The minimum absolute atomic E-state index is 0.207. The molecule has 6 aromatic carbocycles. The van der Waals surface area contributed by atoms with Crippen molar-refractivity contribution < 1.29 is 0 Å². The molecule has 10 aromatic rings. The molecule has 1 unspecified atom stereocenters. The van der Waals surface area contributed by atoms with Gasteiger partial charge in [0.25, 0.3) is 0 Å². The lowest BCUT2D eigenvalue weighted by Crippen LogP contribution is -2.05. The van der Waals surface area contributed by atoms with Gasteiger partial charge in [0.1, 0.15) is 0 Å². The number of thiophene rings is 1. The van der Waals surface area contributed by atoms with Crippen LogP contribution >= 0.6 is 11.3 Å². The van der Waals surface area contributed by atoms with Crippen molar-refractivity contribution in [2.75, 3.05) is 0 Å². The first kappa shape index (κ1) is 32.5. The zero-order valence-corrected chi connectivity index (χ0v) is 31.3. The van der Waals surface area contributed by atoms with Gasteiger partial charge in [-0.1, -0.05) is 103 Å². The third-order valence-electron chi connectivity index (χ3n) is 11.3. The number of hydrogen-bond donors (Lipinski definition) is 0. The highest BCUT2D eigenvalue weighted by molar-refractivity contribution is 7.25. The average Bonchev–Trinajstić information content (AvgIpc) is 3.81. The van der Waals surface area contributed by atoms with Crippen LogP contribution in [0.5, 0.6) is 0 Å². The van der Waals surface area contributed by atoms with Crippen LogP contribution in [0.3, 0.4) is 0 Å². The summed E-state index contributed by atoms with van der Waals surface area (Å²) in [6.07, 6.45) is 11.4. The Balaban J connectivity index is 1.13. The Labute approximate surface area is 329 Å². The van der Waals surface area contributed by atoms with E-state index in [1.54, 1.807) is 0 Å². The third kappa shape index (κ3) is 5.49. The van der Waals surface area contributed by atoms with Gasteiger partial charge in [0.05, 0.1) is 22.4 Å². The fourth-order valence-corrected chi connectivity index (χ4v) is 9.71. The van der Waals surface area contributed by atoms with Gasteiger partial charge in [-0.25, -0.2) is 0 Å². The molecular weight excluding hydrogens is 699 g/mol. The van der Waals surface area contributed by atoms with Gasteiger partial charge in [0.2, 0.25) is 0 Å². The monoisotopic (exact) mass is 733 g/mol. The first-order chi connectivity index (χ1) is 27.8. The standard InChI is InChI=1S/C52H35N3S/c1-2-12-34(13-3-1)35-22-26-51-45(30-35)46-33-38(23-27-52(46)56-51)55-49-24-20-36(39-14-4-6-16-41(39)47-18-8-10-28-53-47)31-43(49)44-32-37(21-25-50(44)55)40-15-5-7-17-42(40)48-19-9-11-29-54-48/h1-14,16-33,40H,15H2. The number of allylic oxidation sites excluding steroid dienone is 4. The molecule has 11 rings (SSSR count). The summed E-state index contributed by atoms with van der Waals surface area (Å²) < 4.78 is 5.06. The second-order valence-corrected chi connectivity index (χ2v) is 15.6. The van der Waals surface area contributed by atoms with Crippen molar-refractivity contribution in [2.45, 2.75) is 12.3 Å². The Morgan fingerprint density at radius 3 is 1.96 bits per heavy atom. The second-order valence-electron chi connectivity index (χ2n) is 14.5. The number of benzene rings is 6. The normalized spacial score (nSPS) is 14.2. The fraction of sp³-hybridized carbons (Fsp3) is 0.0385. The van der Waals surface area contributed by atoms with Crippen LogP contribution in [0, 0.1) is 0 Å². The van der Waals surface area contributed by atoms with Crippen molar-refractivity contribution in [1.29, 1.82) is 0 Å². The average molecular weight is 734 g/mol. The van der Waals surface area contributed by atoms with Gasteiger partial charge in [0.15, 0.2) is 0 Å². The van der Waals surface area contributed by atoms with Crippen LogP contribution in [0.25, 0.3) is 86.7 Å². The highest BCUT2D eigenvalue weighted by atomic mass is 32.1. The van der Waals surface area contributed by atoms with Crippen LogP contribution in [0.4, 0.5) is 0 Å². The molecule has 0 fully saturated rings. The van der Waals surface area contributed by atoms with Crippen LogP contribution in [0.2, 0.25) is 0 Å². The van der Waals surface area contributed by atoms with Crippen LogP contribution in [0.1, 0.15) is 23.6 Å². The Morgan fingerprint density at radius 2 is 1.16 bits per heavy atom. The summed E-state index contributed by atoms with van der Waals surface area (Å²) in [5.41, 5.74) is 14.0. The van der Waals surface area contributed by atoms with E-state index >= 15 is 0 Å². The van der Waals surface area contributed by atoms with Gasteiger partial charge in [-0.2, -0.15) is 0 Å². The zero-order valence-electron chi connectivity index (χ0n) is 30.5. The molecule has 0 saturated carbocycles. The number of pyridine rings is 2. The largest absolute Gasteiger partial charge is 0.309 e. The number of rotatable bonds is 6. The molecule has 4 heterocycles. The topological polar surface area (TPSA) is 30.7 Å². The van der Waals surface area contributed by atoms with Crippen molar-refractivity contribution in [1.82, 2.24) is 14.5 Å². The minimum Gasteiger partial charge on any atom is -0.309 e. The van der Waals surface area contributed by atoms with E-state index in [0.717, 1.165) is 29.1 Å². The summed E-state index contributed by atoms with van der Waals surface area (Å²) in [6.45, 7) is 0. The molecule has 4 aromatic heterocycles. The van der Waals surface area contributed by atoms with Crippen LogP contribution in [-0.4, -0.2) is 14.5 Å². The Morgan fingerprint density at radius 1 is 0.500 bits per heavy atom. The van der Waals surface area contributed by atoms with E-state index in [2.05, 4.69) is 174 Å². The molecule has 1 atom stereocenters. The van der Waals surface area contributed by atoms with Gasteiger partial charge in [-0.3, -0.25) is 9.97 Å². The Bertz CT molecular complexity index is 3150. The predicted octanol–water partition coefficient (Wildman–Crippen LogP) is 14.1. The number of fused-ring (bicyclic) bond motifs is 6. The molecule has 0 aliphatic heterocycles. The summed E-state index contributed by atoms with van der Waals surface area (Å²) in [7, 11) is 0. The number of aromatic nitrogens is 3. The van der Waals surface area contributed by atoms with E-state index < -0.39 is 0 Å². The second kappa shape index (κ2) is 13.5. The minimum atomic E-state index is 0.207. The van der Waals surface area contributed by atoms with Crippen LogP contribution in [-0.2, 0) is 0 Å². The fourth-order valence-electron chi connectivity index (χ4n) is 8.64. The quantitative estimate of drug-likeness (QED) is 0.170. The molecule has 56 heavy (non-hydrogen) atoms. The number of nitrogens with zero attached hydrogens (tertiary/aromatic N) is 3. The van der Waals surface area contributed by atoms with Gasteiger partial charge in [-0.05, 0) is 119 Å². The van der Waals surface area contributed by atoms with E-state index in [1.807, 2.05) is 35.9 Å². The lowest BCUT2D eigenvalue weighted by molar-refractivity contribution is 0.869. The van der Waals surface area contributed by atoms with Crippen LogP contribution in [0.15, 0.2) is 194 Å². The molecule has 3 nitrogen and oxygen atoms in total. The molecule has 1 aliphatic rings. The van der Waals surface area contributed by atoms with Crippen molar-refractivity contribution in [2.24, 2.45) is 0 Å². The van der Waals surface area contributed by atoms with Crippen molar-refractivity contribution in [3.63, 3.8) is 0 Å². The Kier molecular flexibility index (Phi) is 7.82. The first-order valence-corrected chi connectivity index (χ1v) is 20.0. The van der Waals surface area contributed by atoms with E-state index in [-0.39, 0.29) is 5.92 Å². The third-order valence-corrected chi connectivity index (χ3v) is 12.5. The molecule has 1 aliphatic carbocycles. The Hall–Kier alpha value is -6.88. The van der Waals surface area contributed by atoms with Gasteiger partial charge in [-0.15, -0.1) is 11.3 Å². The zero-order chi connectivity index (χ0) is 37.0. The van der Waals surface area contributed by atoms with E-state index in [4.69, 9.17) is 9.97 Å². The molecule has 0 N–H and O–H groups in total. The molecule has 0 radical (unpaired) electrons. The molecular formula is C52H35N3S. The molecule has 0 amide bonds. The van der Waals surface area contributed by atoms with Crippen molar-refractivity contribution in [3.05, 3.63) is 206 Å². The molecule has 264 valence electrons. The smallest absolute Gasteiger partial charge is 0.0708 e. The summed E-state index contributed by atoms with van der Waals surface area (Å²) >= 11 is 1.86.